The van der Waals surface area contributed by atoms with E-state index in [1.165, 1.54) is 6.20 Å². The molecule has 1 amide bonds. The van der Waals surface area contributed by atoms with Crippen LogP contribution in [0.25, 0.3) is 0 Å². The summed E-state index contributed by atoms with van der Waals surface area (Å²) in [6.45, 7) is 0.601. The lowest BCUT2D eigenvalue weighted by molar-refractivity contribution is 0.0953. The smallest absolute Gasteiger partial charge is 0.252 e. The molecule has 0 unspecified atom stereocenters. The summed E-state index contributed by atoms with van der Waals surface area (Å²) in [6.07, 6.45) is 6.62. The highest BCUT2D eigenvalue weighted by atomic mass is 16.1. The van der Waals surface area contributed by atoms with Gasteiger partial charge in [0, 0.05) is 31.6 Å². The van der Waals surface area contributed by atoms with E-state index in [1.807, 2.05) is 0 Å². The molecule has 0 radical (unpaired) electrons. The maximum Gasteiger partial charge on any atom is 0.252 e. The number of nitrogen functional groups attached to an aromatic ring is 1. The Bertz CT molecular complexity index is 492. The van der Waals surface area contributed by atoms with E-state index in [0.717, 1.165) is 18.7 Å². The number of imidazole rings is 1. The van der Waals surface area contributed by atoms with Gasteiger partial charge in [-0.2, -0.15) is 0 Å². The molecule has 0 fully saturated rings. The first-order valence-electron chi connectivity index (χ1n) is 5.73. The largest absolute Gasteiger partial charge is 0.384 e. The van der Waals surface area contributed by atoms with Crippen LogP contribution >= 0.6 is 0 Å². The number of nitrogens with one attached hydrogen (secondary N) is 2. The number of carbonyl (C=O) groups is 1. The summed E-state index contributed by atoms with van der Waals surface area (Å²) in [5.74, 6) is 1.20. The third-order valence-corrected chi connectivity index (χ3v) is 2.48. The Morgan fingerprint density at radius 1 is 1.39 bits per heavy atom. The minimum atomic E-state index is -0.137. The second kappa shape index (κ2) is 5.81. The first-order valence-corrected chi connectivity index (χ1v) is 5.73. The van der Waals surface area contributed by atoms with Gasteiger partial charge < -0.3 is 16.0 Å². The summed E-state index contributed by atoms with van der Waals surface area (Å²) in [5.41, 5.74) is 5.97. The molecule has 0 spiro atoms. The molecular formula is C12H15N5O. The van der Waals surface area contributed by atoms with Crippen molar-refractivity contribution in [1.29, 1.82) is 0 Å². The van der Waals surface area contributed by atoms with Crippen molar-refractivity contribution in [2.24, 2.45) is 0 Å². The van der Waals surface area contributed by atoms with Crippen molar-refractivity contribution in [3.63, 3.8) is 0 Å². The topological polar surface area (TPSA) is 96.7 Å². The fraction of sp³-hybridized carbons (Fsp3) is 0.250. The van der Waals surface area contributed by atoms with E-state index in [-0.39, 0.29) is 5.91 Å². The minimum absolute atomic E-state index is 0.137. The third kappa shape index (κ3) is 3.31. The molecule has 0 atom stereocenters. The van der Waals surface area contributed by atoms with Crippen LogP contribution < -0.4 is 11.1 Å². The van der Waals surface area contributed by atoms with Crippen LogP contribution in [0.5, 0.6) is 0 Å². The monoisotopic (exact) mass is 245 g/mol. The number of amides is 1. The highest BCUT2D eigenvalue weighted by Gasteiger charge is 2.04. The number of anilines is 1. The van der Waals surface area contributed by atoms with Gasteiger partial charge in [0.1, 0.15) is 11.6 Å². The van der Waals surface area contributed by atoms with Gasteiger partial charge in [0.05, 0.1) is 5.56 Å². The van der Waals surface area contributed by atoms with Gasteiger partial charge in [-0.15, -0.1) is 0 Å². The zero-order valence-electron chi connectivity index (χ0n) is 9.89. The Balaban J connectivity index is 1.73. The quantitative estimate of drug-likeness (QED) is 0.677. The van der Waals surface area contributed by atoms with E-state index < -0.39 is 0 Å². The van der Waals surface area contributed by atoms with Crippen molar-refractivity contribution < 1.29 is 4.79 Å². The lowest BCUT2D eigenvalue weighted by atomic mass is 10.2. The molecule has 6 heteroatoms. The second-order valence-corrected chi connectivity index (χ2v) is 3.87. The molecule has 0 aromatic carbocycles. The summed E-state index contributed by atoms with van der Waals surface area (Å²) in [7, 11) is 0. The van der Waals surface area contributed by atoms with E-state index in [0.29, 0.717) is 17.9 Å². The number of aromatic amines is 1. The molecule has 0 aliphatic heterocycles. The average molecular weight is 245 g/mol. The predicted molar refractivity (Wildman–Crippen MR) is 67.9 cm³/mol. The van der Waals surface area contributed by atoms with E-state index in [1.54, 1.807) is 24.5 Å². The zero-order valence-corrected chi connectivity index (χ0v) is 9.89. The summed E-state index contributed by atoms with van der Waals surface area (Å²) in [5, 5.41) is 2.82. The molecule has 2 aromatic heterocycles. The van der Waals surface area contributed by atoms with E-state index in [2.05, 4.69) is 20.3 Å². The van der Waals surface area contributed by atoms with E-state index in [4.69, 9.17) is 5.73 Å². The van der Waals surface area contributed by atoms with Gasteiger partial charge in [0.25, 0.3) is 5.91 Å². The van der Waals surface area contributed by atoms with Crippen LogP contribution in [0.4, 0.5) is 5.82 Å². The maximum atomic E-state index is 11.7. The predicted octanol–water partition coefficient (Wildman–Crippen LogP) is 0.749. The molecule has 4 N–H and O–H groups in total. The molecule has 6 nitrogen and oxygen atoms in total. The van der Waals surface area contributed by atoms with Crippen LogP contribution in [-0.4, -0.2) is 27.4 Å². The third-order valence-electron chi connectivity index (χ3n) is 2.48. The molecule has 2 rings (SSSR count). The van der Waals surface area contributed by atoms with Crippen molar-refractivity contribution in [1.82, 2.24) is 20.3 Å². The van der Waals surface area contributed by atoms with Gasteiger partial charge in [-0.05, 0) is 18.6 Å². The Kier molecular flexibility index (Phi) is 3.90. The summed E-state index contributed by atoms with van der Waals surface area (Å²) >= 11 is 0. The van der Waals surface area contributed by atoms with Crippen molar-refractivity contribution in [2.45, 2.75) is 12.8 Å². The molecule has 0 bridgehead atoms. The molecule has 94 valence electrons. The lowest BCUT2D eigenvalue weighted by Crippen LogP contribution is -2.25. The number of nitrogens with two attached hydrogens (primary N) is 1. The SMILES string of the molecule is Nc1ccc(C(=O)NCCCc2ncc[nH]2)cn1. The number of pyridine rings is 1. The molecule has 0 aliphatic carbocycles. The van der Waals surface area contributed by atoms with Crippen LogP contribution in [0, 0.1) is 0 Å². The van der Waals surface area contributed by atoms with Crippen LogP contribution in [0.1, 0.15) is 22.6 Å². The summed E-state index contributed by atoms with van der Waals surface area (Å²) in [6, 6.07) is 3.27. The summed E-state index contributed by atoms with van der Waals surface area (Å²) in [4.78, 5) is 22.7. The number of H-pyrrole nitrogens is 1. The molecule has 0 saturated heterocycles. The molecule has 0 saturated carbocycles. The van der Waals surface area contributed by atoms with Gasteiger partial charge in [-0.3, -0.25) is 4.79 Å². The highest BCUT2D eigenvalue weighted by molar-refractivity contribution is 5.93. The lowest BCUT2D eigenvalue weighted by Gasteiger charge is -2.04. The Morgan fingerprint density at radius 2 is 2.28 bits per heavy atom. The fourth-order valence-corrected chi connectivity index (χ4v) is 1.53. The van der Waals surface area contributed by atoms with Crippen LogP contribution in [0.3, 0.4) is 0 Å². The van der Waals surface area contributed by atoms with E-state index >= 15 is 0 Å². The molecule has 18 heavy (non-hydrogen) atoms. The second-order valence-electron chi connectivity index (χ2n) is 3.87. The van der Waals surface area contributed by atoms with Crippen molar-refractivity contribution in [2.75, 3.05) is 12.3 Å². The Labute approximate surface area is 105 Å². The first-order chi connectivity index (χ1) is 8.75. The maximum absolute atomic E-state index is 11.7. The van der Waals surface area contributed by atoms with E-state index in [9.17, 15) is 4.79 Å². The van der Waals surface area contributed by atoms with Gasteiger partial charge in [0.2, 0.25) is 0 Å². The van der Waals surface area contributed by atoms with Crippen molar-refractivity contribution in [3.05, 3.63) is 42.1 Å². The summed E-state index contributed by atoms with van der Waals surface area (Å²) < 4.78 is 0. The normalized spacial score (nSPS) is 10.2. The van der Waals surface area contributed by atoms with Gasteiger partial charge in [-0.1, -0.05) is 0 Å². The number of carbonyl (C=O) groups excluding carboxylic acids is 1. The zero-order chi connectivity index (χ0) is 12.8. The van der Waals surface area contributed by atoms with Crippen molar-refractivity contribution >= 4 is 11.7 Å². The number of hydrogen-bond donors (Lipinski definition) is 3. The molecular weight excluding hydrogens is 230 g/mol. The van der Waals surface area contributed by atoms with Gasteiger partial charge >= 0.3 is 0 Å². The molecule has 0 aliphatic rings. The Morgan fingerprint density at radius 3 is 2.94 bits per heavy atom. The standard InChI is InChI=1S/C12H15N5O/c13-10-4-3-9(8-17-10)12(18)16-5-1-2-11-14-6-7-15-11/h3-4,6-8H,1-2,5H2,(H2,13,17)(H,14,15)(H,16,18). The van der Waals surface area contributed by atoms with Crippen LogP contribution in [0.15, 0.2) is 30.7 Å². The molecule has 2 heterocycles. The van der Waals surface area contributed by atoms with Crippen LogP contribution in [0.2, 0.25) is 0 Å². The fourth-order valence-electron chi connectivity index (χ4n) is 1.53. The minimum Gasteiger partial charge on any atom is -0.384 e. The number of hydrogen-bond acceptors (Lipinski definition) is 4. The Hall–Kier alpha value is -2.37. The highest BCUT2D eigenvalue weighted by Crippen LogP contribution is 2.01. The van der Waals surface area contributed by atoms with Gasteiger partial charge in [0.15, 0.2) is 0 Å². The first kappa shape index (κ1) is 12.1. The average Bonchev–Trinajstić information content (AvgIpc) is 2.88. The van der Waals surface area contributed by atoms with Gasteiger partial charge in [-0.25, -0.2) is 9.97 Å². The number of nitrogens with zero attached hydrogens (tertiary/aromatic N) is 2. The molecule has 2 aromatic rings. The number of aryl methyl sites for hydroxylation is 1. The number of aromatic nitrogens is 3. The van der Waals surface area contributed by atoms with Crippen molar-refractivity contribution in [3.8, 4) is 0 Å². The van der Waals surface area contributed by atoms with Crippen LogP contribution in [-0.2, 0) is 6.42 Å². The number of rotatable bonds is 5.